The summed E-state index contributed by atoms with van der Waals surface area (Å²) in [4.78, 5) is 26.3. The van der Waals surface area contributed by atoms with Gasteiger partial charge in [0.05, 0.1) is 12.4 Å². The van der Waals surface area contributed by atoms with Crippen LogP contribution in [0.2, 0.25) is 0 Å². The molecule has 1 aromatic heterocycles. The smallest absolute Gasteiger partial charge is 0.303 e. The summed E-state index contributed by atoms with van der Waals surface area (Å²) in [6.45, 7) is 0. The second-order valence-electron chi connectivity index (χ2n) is 5.28. The van der Waals surface area contributed by atoms with Crippen molar-refractivity contribution in [2.75, 3.05) is 0 Å². The van der Waals surface area contributed by atoms with E-state index in [1.165, 1.54) is 0 Å². The SMILES string of the molecule is O=C(O)CCCCC(=O)NC1CCCC1n1ccnc1. The Labute approximate surface area is 118 Å². The molecule has 1 amide bonds. The van der Waals surface area contributed by atoms with Gasteiger partial charge in [0.15, 0.2) is 0 Å². The van der Waals surface area contributed by atoms with Crippen LogP contribution >= 0.6 is 0 Å². The summed E-state index contributed by atoms with van der Waals surface area (Å²) in [5.74, 6) is -0.784. The molecule has 1 aliphatic rings. The number of carbonyl (C=O) groups is 2. The highest BCUT2D eigenvalue weighted by Gasteiger charge is 2.29. The van der Waals surface area contributed by atoms with Gasteiger partial charge in [-0.25, -0.2) is 4.98 Å². The van der Waals surface area contributed by atoms with Crippen molar-refractivity contribution in [1.29, 1.82) is 0 Å². The predicted octanol–water partition coefficient (Wildman–Crippen LogP) is 1.74. The largest absolute Gasteiger partial charge is 0.481 e. The number of rotatable bonds is 7. The van der Waals surface area contributed by atoms with Crippen LogP contribution in [0.4, 0.5) is 0 Å². The molecule has 2 atom stereocenters. The Morgan fingerprint density at radius 3 is 2.80 bits per heavy atom. The number of hydrogen-bond acceptors (Lipinski definition) is 3. The zero-order chi connectivity index (χ0) is 14.4. The summed E-state index contributed by atoms with van der Waals surface area (Å²) in [7, 11) is 0. The molecule has 110 valence electrons. The van der Waals surface area contributed by atoms with Crippen LogP contribution < -0.4 is 5.32 Å². The van der Waals surface area contributed by atoms with Crippen molar-refractivity contribution in [2.45, 2.75) is 57.0 Å². The maximum atomic E-state index is 11.9. The summed E-state index contributed by atoms with van der Waals surface area (Å²) in [5, 5.41) is 11.6. The Hall–Kier alpha value is -1.85. The van der Waals surface area contributed by atoms with Crippen LogP contribution in [-0.2, 0) is 9.59 Å². The van der Waals surface area contributed by atoms with Crippen molar-refractivity contribution in [2.24, 2.45) is 0 Å². The Kier molecular flexibility index (Phi) is 5.15. The normalized spacial score (nSPS) is 21.8. The molecule has 1 aliphatic carbocycles. The third-order valence-electron chi connectivity index (χ3n) is 3.78. The average molecular weight is 279 g/mol. The lowest BCUT2D eigenvalue weighted by atomic mass is 10.1. The lowest BCUT2D eigenvalue weighted by Crippen LogP contribution is -2.38. The molecule has 2 N–H and O–H groups in total. The highest BCUT2D eigenvalue weighted by Crippen LogP contribution is 2.29. The van der Waals surface area contributed by atoms with Crippen LogP contribution in [0.25, 0.3) is 0 Å². The molecule has 0 aliphatic heterocycles. The van der Waals surface area contributed by atoms with Crippen molar-refractivity contribution in [3.05, 3.63) is 18.7 Å². The van der Waals surface area contributed by atoms with E-state index in [9.17, 15) is 9.59 Å². The molecular formula is C14H21N3O3. The number of aromatic nitrogens is 2. The number of imidazole rings is 1. The number of unbranched alkanes of at least 4 members (excludes halogenated alkanes) is 1. The van der Waals surface area contributed by atoms with Gasteiger partial charge in [0.1, 0.15) is 0 Å². The van der Waals surface area contributed by atoms with E-state index < -0.39 is 5.97 Å². The Morgan fingerprint density at radius 1 is 1.30 bits per heavy atom. The monoisotopic (exact) mass is 279 g/mol. The highest BCUT2D eigenvalue weighted by atomic mass is 16.4. The molecule has 0 saturated heterocycles. The van der Waals surface area contributed by atoms with Crippen molar-refractivity contribution in [3.8, 4) is 0 Å². The molecule has 1 fully saturated rings. The molecule has 0 radical (unpaired) electrons. The number of amides is 1. The van der Waals surface area contributed by atoms with Gasteiger partial charge in [-0.1, -0.05) is 0 Å². The van der Waals surface area contributed by atoms with Gasteiger partial charge >= 0.3 is 5.97 Å². The number of carboxylic acids is 1. The molecule has 1 heterocycles. The minimum atomic E-state index is -0.804. The van der Waals surface area contributed by atoms with E-state index in [0.717, 1.165) is 19.3 Å². The van der Waals surface area contributed by atoms with Crippen molar-refractivity contribution >= 4 is 11.9 Å². The number of nitrogens with one attached hydrogen (secondary N) is 1. The van der Waals surface area contributed by atoms with Crippen molar-refractivity contribution in [3.63, 3.8) is 0 Å². The van der Waals surface area contributed by atoms with Crippen LogP contribution in [-0.4, -0.2) is 32.6 Å². The number of aliphatic carboxylic acids is 1. The van der Waals surface area contributed by atoms with E-state index in [1.54, 1.807) is 12.5 Å². The third-order valence-corrected chi connectivity index (χ3v) is 3.78. The molecule has 2 unspecified atom stereocenters. The first-order valence-corrected chi connectivity index (χ1v) is 7.15. The van der Waals surface area contributed by atoms with Crippen LogP contribution in [0.15, 0.2) is 18.7 Å². The molecule has 0 spiro atoms. The van der Waals surface area contributed by atoms with E-state index in [-0.39, 0.29) is 18.4 Å². The maximum Gasteiger partial charge on any atom is 0.303 e. The fourth-order valence-corrected chi connectivity index (χ4v) is 2.77. The zero-order valence-corrected chi connectivity index (χ0v) is 11.5. The van der Waals surface area contributed by atoms with Gasteiger partial charge < -0.3 is 15.0 Å². The standard InChI is InChI=1S/C14H21N3O3/c18-13(6-1-2-7-14(19)20)16-11-4-3-5-12(11)17-9-8-15-10-17/h8-12H,1-7H2,(H,16,18)(H,19,20). The lowest BCUT2D eigenvalue weighted by molar-refractivity contribution is -0.137. The quantitative estimate of drug-likeness (QED) is 0.745. The minimum absolute atomic E-state index is 0.0207. The second kappa shape index (κ2) is 7.07. The first-order valence-electron chi connectivity index (χ1n) is 7.15. The van der Waals surface area contributed by atoms with Crippen LogP contribution in [0.3, 0.4) is 0 Å². The lowest BCUT2D eigenvalue weighted by Gasteiger charge is -2.22. The average Bonchev–Trinajstić information content (AvgIpc) is 3.04. The molecule has 0 bridgehead atoms. The Morgan fingerprint density at radius 2 is 2.10 bits per heavy atom. The maximum absolute atomic E-state index is 11.9. The van der Waals surface area contributed by atoms with Crippen LogP contribution in [0.1, 0.15) is 51.0 Å². The fourth-order valence-electron chi connectivity index (χ4n) is 2.77. The summed E-state index contributed by atoms with van der Waals surface area (Å²) >= 11 is 0. The number of carbonyl (C=O) groups excluding carboxylic acids is 1. The molecule has 1 saturated carbocycles. The summed E-state index contributed by atoms with van der Waals surface area (Å²) in [6.07, 6.45) is 10.3. The molecule has 6 nitrogen and oxygen atoms in total. The summed E-state index contributed by atoms with van der Waals surface area (Å²) in [6, 6.07) is 0.455. The first kappa shape index (κ1) is 14.6. The van der Waals surface area contributed by atoms with E-state index in [4.69, 9.17) is 5.11 Å². The van der Waals surface area contributed by atoms with E-state index in [0.29, 0.717) is 25.3 Å². The van der Waals surface area contributed by atoms with Crippen molar-refractivity contribution < 1.29 is 14.7 Å². The number of carboxylic acid groups (broad SMARTS) is 1. The van der Waals surface area contributed by atoms with Gasteiger partial charge in [0, 0.05) is 31.3 Å². The van der Waals surface area contributed by atoms with E-state index in [2.05, 4.69) is 14.9 Å². The van der Waals surface area contributed by atoms with Gasteiger partial charge in [-0.15, -0.1) is 0 Å². The van der Waals surface area contributed by atoms with E-state index >= 15 is 0 Å². The van der Waals surface area contributed by atoms with E-state index in [1.807, 2.05) is 6.20 Å². The molecule has 1 aromatic rings. The highest BCUT2D eigenvalue weighted by molar-refractivity contribution is 5.76. The Balaban J connectivity index is 1.74. The number of hydrogen-bond donors (Lipinski definition) is 2. The van der Waals surface area contributed by atoms with Crippen LogP contribution in [0.5, 0.6) is 0 Å². The Bertz CT molecular complexity index is 445. The molecular weight excluding hydrogens is 258 g/mol. The minimum Gasteiger partial charge on any atom is -0.481 e. The van der Waals surface area contributed by atoms with Crippen molar-refractivity contribution in [1.82, 2.24) is 14.9 Å². The summed E-state index contributed by atoms with van der Waals surface area (Å²) < 4.78 is 2.06. The molecule has 2 rings (SSSR count). The topological polar surface area (TPSA) is 84.2 Å². The van der Waals surface area contributed by atoms with Gasteiger partial charge in [0.2, 0.25) is 5.91 Å². The number of nitrogens with zero attached hydrogens (tertiary/aromatic N) is 2. The zero-order valence-electron chi connectivity index (χ0n) is 11.5. The van der Waals surface area contributed by atoms with Gasteiger partial charge in [-0.2, -0.15) is 0 Å². The second-order valence-corrected chi connectivity index (χ2v) is 5.28. The molecule has 6 heteroatoms. The van der Waals surface area contributed by atoms with Crippen LogP contribution in [0, 0.1) is 0 Å². The molecule has 20 heavy (non-hydrogen) atoms. The third kappa shape index (κ3) is 4.08. The first-order chi connectivity index (χ1) is 9.66. The van der Waals surface area contributed by atoms with Gasteiger partial charge in [0.25, 0.3) is 0 Å². The van der Waals surface area contributed by atoms with Gasteiger partial charge in [-0.05, 0) is 32.1 Å². The predicted molar refractivity (Wildman–Crippen MR) is 73.1 cm³/mol. The molecule has 0 aromatic carbocycles. The fraction of sp³-hybridized carbons (Fsp3) is 0.643. The summed E-state index contributed by atoms with van der Waals surface area (Å²) in [5.41, 5.74) is 0. The van der Waals surface area contributed by atoms with Gasteiger partial charge in [-0.3, -0.25) is 9.59 Å².